The molecule has 0 spiro atoms. The fourth-order valence-electron chi connectivity index (χ4n) is 2.02. The van der Waals surface area contributed by atoms with Crippen LogP contribution in [0.15, 0.2) is 48.2 Å². The summed E-state index contributed by atoms with van der Waals surface area (Å²) in [5.74, 6) is 0.0827. The van der Waals surface area contributed by atoms with Crippen molar-refractivity contribution >= 4 is 11.9 Å². The van der Waals surface area contributed by atoms with Gasteiger partial charge >= 0.3 is 0 Å². The lowest BCUT2D eigenvalue weighted by atomic mass is 10.1. The number of carbonyl (C=O) groups is 1. The summed E-state index contributed by atoms with van der Waals surface area (Å²) in [4.78, 5) is 12.1. The van der Waals surface area contributed by atoms with E-state index in [0.717, 1.165) is 5.56 Å². The van der Waals surface area contributed by atoms with Gasteiger partial charge in [-0.15, -0.1) is 0 Å². The lowest BCUT2D eigenvalue weighted by Gasteiger charge is -1.98. The van der Waals surface area contributed by atoms with Crippen LogP contribution in [-0.4, -0.2) is 10.9 Å². The van der Waals surface area contributed by atoms with E-state index in [-0.39, 0.29) is 22.9 Å². The number of allylic oxidation sites excluding steroid dienone is 1. The summed E-state index contributed by atoms with van der Waals surface area (Å²) in [6, 6.07) is 13.5. The summed E-state index contributed by atoms with van der Waals surface area (Å²) < 4.78 is 5.45. The molecule has 20 heavy (non-hydrogen) atoms. The average Bonchev–Trinajstić information content (AvgIpc) is 2.78. The zero-order chi connectivity index (χ0) is 14.1. The van der Waals surface area contributed by atoms with E-state index < -0.39 is 0 Å². The summed E-state index contributed by atoms with van der Waals surface area (Å²) in [5.41, 5.74) is 1.48. The van der Waals surface area contributed by atoms with Gasteiger partial charge in [-0.05, 0) is 35.9 Å². The maximum atomic E-state index is 12.1. The van der Waals surface area contributed by atoms with Crippen LogP contribution in [0.2, 0.25) is 0 Å². The second-order valence-corrected chi connectivity index (χ2v) is 4.32. The number of hydrogen-bond acceptors (Lipinski definition) is 4. The Bertz CT molecular complexity index is 767. The summed E-state index contributed by atoms with van der Waals surface area (Å²) in [5, 5.41) is 18.4. The van der Waals surface area contributed by atoms with E-state index in [2.05, 4.69) is 0 Å². The molecule has 0 aliphatic carbocycles. The number of nitriles is 1. The predicted molar refractivity (Wildman–Crippen MR) is 72.2 cm³/mol. The first kappa shape index (κ1) is 12.0. The first-order chi connectivity index (χ1) is 9.69. The third kappa shape index (κ3) is 1.91. The molecule has 0 saturated heterocycles. The maximum Gasteiger partial charge on any atom is 0.235 e. The van der Waals surface area contributed by atoms with Crippen LogP contribution >= 0.6 is 0 Å². The topological polar surface area (TPSA) is 70.3 Å². The van der Waals surface area contributed by atoms with Crippen LogP contribution in [0.4, 0.5) is 0 Å². The maximum absolute atomic E-state index is 12.1. The summed E-state index contributed by atoms with van der Waals surface area (Å²) in [6.07, 6.45) is 1.59. The third-order valence-electron chi connectivity index (χ3n) is 3.01. The van der Waals surface area contributed by atoms with Gasteiger partial charge in [0.05, 0.1) is 11.6 Å². The molecule has 0 bridgehead atoms. The minimum Gasteiger partial charge on any atom is -0.507 e. The molecule has 1 aliphatic rings. The van der Waals surface area contributed by atoms with Gasteiger partial charge in [0, 0.05) is 0 Å². The highest BCUT2D eigenvalue weighted by Gasteiger charge is 2.30. The quantitative estimate of drug-likeness (QED) is 0.803. The van der Waals surface area contributed by atoms with Crippen LogP contribution in [0.25, 0.3) is 6.08 Å². The number of nitrogens with zero attached hydrogens (tertiary/aromatic N) is 1. The Morgan fingerprint density at radius 2 is 1.90 bits per heavy atom. The molecule has 96 valence electrons. The smallest absolute Gasteiger partial charge is 0.235 e. The number of aromatic hydroxyl groups is 1. The molecule has 4 nitrogen and oxygen atoms in total. The van der Waals surface area contributed by atoms with Gasteiger partial charge in [-0.25, -0.2) is 0 Å². The van der Waals surface area contributed by atoms with Gasteiger partial charge in [0.25, 0.3) is 0 Å². The predicted octanol–water partition coefficient (Wildman–Crippen LogP) is 2.88. The van der Waals surface area contributed by atoms with Gasteiger partial charge in [-0.1, -0.05) is 18.2 Å². The molecule has 1 aliphatic heterocycles. The Labute approximate surface area is 115 Å². The van der Waals surface area contributed by atoms with Crippen LogP contribution in [-0.2, 0) is 0 Å². The zero-order valence-electron chi connectivity index (χ0n) is 10.3. The first-order valence-electron chi connectivity index (χ1n) is 5.95. The highest BCUT2D eigenvalue weighted by atomic mass is 16.5. The zero-order valence-corrected chi connectivity index (χ0v) is 10.3. The number of ether oxygens (including phenoxy) is 1. The van der Waals surface area contributed by atoms with Gasteiger partial charge in [-0.3, -0.25) is 4.79 Å². The highest BCUT2D eigenvalue weighted by Crippen LogP contribution is 2.37. The SMILES string of the molecule is N#Cc1ccc(/C=C2/Oc3cccc(O)c3C2=O)cc1. The molecule has 2 aromatic rings. The minimum absolute atomic E-state index is 0.0873. The van der Waals surface area contributed by atoms with Crippen molar-refractivity contribution in [2.45, 2.75) is 0 Å². The van der Waals surface area contributed by atoms with Crippen LogP contribution in [0.1, 0.15) is 21.5 Å². The highest BCUT2D eigenvalue weighted by molar-refractivity contribution is 6.16. The van der Waals surface area contributed by atoms with Gasteiger partial charge in [0.1, 0.15) is 17.1 Å². The van der Waals surface area contributed by atoms with Crippen molar-refractivity contribution < 1.29 is 14.6 Å². The second-order valence-electron chi connectivity index (χ2n) is 4.32. The number of carbonyl (C=O) groups excluding carboxylic acids is 1. The number of Topliss-reactive ketones (excluding diaryl/α,β-unsaturated/α-hetero) is 1. The molecule has 0 saturated carbocycles. The Morgan fingerprint density at radius 3 is 2.55 bits per heavy atom. The lowest BCUT2D eigenvalue weighted by Crippen LogP contribution is -1.98. The lowest BCUT2D eigenvalue weighted by molar-refractivity contribution is 0.101. The molecule has 1 N–H and O–H groups in total. The number of phenolic OH excluding ortho intramolecular Hbond substituents is 1. The minimum atomic E-state index is -0.345. The molecule has 3 rings (SSSR count). The van der Waals surface area contributed by atoms with Gasteiger partial charge < -0.3 is 9.84 Å². The molecule has 0 fully saturated rings. The first-order valence-corrected chi connectivity index (χ1v) is 5.95. The van der Waals surface area contributed by atoms with Gasteiger partial charge in [-0.2, -0.15) is 5.26 Å². The monoisotopic (exact) mass is 263 g/mol. The number of benzene rings is 2. The van der Waals surface area contributed by atoms with E-state index in [0.29, 0.717) is 11.3 Å². The van der Waals surface area contributed by atoms with Crippen LogP contribution in [0.5, 0.6) is 11.5 Å². The Balaban J connectivity index is 1.97. The molecular formula is C16H9NO3. The van der Waals surface area contributed by atoms with Crippen molar-refractivity contribution in [2.24, 2.45) is 0 Å². The molecule has 0 amide bonds. The van der Waals surface area contributed by atoms with Crippen LogP contribution < -0.4 is 4.74 Å². The number of phenols is 1. The van der Waals surface area contributed by atoms with Crippen molar-refractivity contribution in [1.29, 1.82) is 5.26 Å². The summed E-state index contributed by atoms with van der Waals surface area (Å²) in [6.45, 7) is 0. The molecule has 0 radical (unpaired) electrons. The molecular weight excluding hydrogens is 254 g/mol. The second kappa shape index (κ2) is 4.56. The number of hydrogen-bond donors (Lipinski definition) is 1. The Morgan fingerprint density at radius 1 is 1.15 bits per heavy atom. The Kier molecular flexibility index (Phi) is 2.73. The third-order valence-corrected chi connectivity index (χ3v) is 3.01. The average molecular weight is 263 g/mol. The summed E-state index contributed by atoms with van der Waals surface area (Å²) >= 11 is 0. The number of ketones is 1. The summed E-state index contributed by atoms with van der Waals surface area (Å²) in [7, 11) is 0. The Hall–Kier alpha value is -3.06. The van der Waals surface area contributed by atoms with Crippen molar-refractivity contribution in [3.05, 3.63) is 64.9 Å². The molecule has 1 heterocycles. The van der Waals surface area contributed by atoms with Gasteiger partial charge in [0.2, 0.25) is 5.78 Å². The van der Waals surface area contributed by atoms with Crippen LogP contribution in [0.3, 0.4) is 0 Å². The normalized spacial score (nSPS) is 14.8. The fourth-order valence-corrected chi connectivity index (χ4v) is 2.02. The van der Waals surface area contributed by atoms with Crippen molar-refractivity contribution in [3.8, 4) is 17.6 Å². The fraction of sp³-hybridized carbons (Fsp3) is 0. The van der Waals surface area contributed by atoms with Crippen LogP contribution in [0, 0.1) is 11.3 Å². The van der Waals surface area contributed by atoms with Crippen molar-refractivity contribution in [3.63, 3.8) is 0 Å². The van der Waals surface area contributed by atoms with E-state index in [1.807, 2.05) is 6.07 Å². The van der Waals surface area contributed by atoms with E-state index in [1.54, 1.807) is 42.5 Å². The molecule has 4 heteroatoms. The molecule has 0 unspecified atom stereocenters. The number of rotatable bonds is 1. The molecule has 0 atom stereocenters. The van der Waals surface area contributed by atoms with Gasteiger partial charge in [0.15, 0.2) is 5.76 Å². The molecule has 2 aromatic carbocycles. The van der Waals surface area contributed by atoms with E-state index >= 15 is 0 Å². The van der Waals surface area contributed by atoms with Crippen molar-refractivity contribution in [2.75, 3.05) is 0 Å². The largest absolute Gasteiger partial charge is 0.507 e. The standard InChI is InChI=1S/C16H9NO3/c17-9-11-6-4-10(5-7-11)8-14-16(19)15-12(18)2-1-3-13(15)20-14/h1-8,18H/b14-8+. The number of fused-ring (bicyclic) bond motifs is 1. The van der Waals surface area contributed by atoms with Crippen molar-refractivity contribution in [1.82, 2.24) is 0 Å². The molecule has 0 aromatic heterocycles. The van der Waals surface area contributed by atoms with E-state index in [1.165, 1.54) is 6.07 Å². The van der Waals surface area contributed by atoms with E-state index in [9.17, 15) is 9.90 Å². The van der Waals surface area contributed by atoms with E-state index in [4.69, 9.17) is 10.00 Å².